The minimum atomic E-state index is -0.497. The van der Waals surface area contributed by atoms with Gasteiger partial charge < -0.3 is 40.1 Å². The minimum Gasteiger partial charge on any atom is -0.488 e. The van der Waals surface area contributed by atoms with E-state index in [0.717, 1.165) is 10.8 Å². The predicted octanol–water partition coefficient (Wildman–Crippen LogP) is 5.40. The van der Waals surface area contributed by atoms with Gasteiger partial charge in [0.2, 0.25) is 5.91 Å². The van der Waals surface area contributed by atoms with E-state index in [4.69, 9.17) is 9.26 Å². The van der Waals surface area contributed by atoms with Gasteiger partial charge in [-0.3, -0.25) is 4.79 Å². The van der Waals surface area contributed by atoms with Crippen molar-refractivity contribution in [3.8, 4) is 5.75 Å². The SMILES string of the molecule is Cc1noc(C)c1NC(=O)Nc1ccc2c(c1)CC(=O)N([C@H](C)CO)C[C@H](C)[C@@H](CN(C)C(=O)Nc1cccc3ccccc13)O2. The number of nitrogens with zero attached hydrogens (tertiary/aromatic N) is 3. The molecule has 0 bridgehead atoms. The van der Waals surface area contributed by atoms with E-state index in [9.17, 15) is 19.5 Å². The molecular weight excluding hydrogens is 588 g/mol. The lowest BCUT2D eigenvalue weighted by Crippen LogP contribution is -2.48. The monoisotopic (exact) mass is 628 g/mol. The summed E-state index contributed by atoms with van der Waals surface area (Å²) < 4.78 is 11.7. The van der Waals surface area contributed by atoms with Crippen LogP contribution in [0, 0.1) is 19.8 Å². The minimum absolute atomic E-state index is 0.00245. The fourth-order valence-electron chi connectivity index (χ4n) is 5.56. The van der Waals surface area contributed by atoms with Crippen molar-refractivity contribution in [1.29, 1.82) is 0 Å². The number of urea groups is 2. The van der Waals surface area contributed by atoms with Gasteiger partial charge in [0.15, 0.2) is 5.76 Å². The van der Waals surface area contributed by atoms with Crippen LogP contribution in [0.4, 0.5) is 26.7 Å². The van der Waals surface area contributed by atoms with E-state index in [1.165, 1.54) is 0 Å². The third kappa shape index (κ3) is 7.23. The second kappa shape index (κ2) is 13.9. The lowest BCUT2D eigenvalue weighted by Gasteiger charge is -2.34. The van der Waals surface area contributed by atoms with Crippen LogP contribution in [0.3, 0.4) is 0 Å². The lowest BCUT2D eigenvalue weighted by molar-refractivity contribution is -0.134. The van der Waals surface area contributed by atoms with Gasteiger partial charge in [0, 0.05) is 36.1 Å². The molecule has 0 radical (unpaired) electrons. The standard InChI is InChI=1S/C34H40N6O6/c1-20-17-40(21(2)19-41)31(42)16-25-15-26(35-33(43)37-32-22(3)38-46-23(32)4)13-14-29(25)45-30(20)18-39(5)34(44)36-28-12-8-10-24-9-6-7-11-27(24)28/h6-15,20-21,30,41H,16-19H2,1-5H3,(H,36,44)(H2,35,37,43)/t20-,21+,30+/m0/s1. The van der Waals surface area contributed by atoms with E-state index in [1.54, 1.807) is 55.8 Å². The molecule has 4 N–H and O–H groups in total. The molecule has 46 heavy (non-hydrogen) atoms. The zero-order chi connectivity index (χ0) is 33.0. The Morgan fingerprint density at radius 1 is 1.09 bits per heavy atom. The van der Waals surface area contributed by atoms with Gasteiger partial charge in [-0.2, -0.15) is 0 Å². The molecule has 2 heterocycles. The maximum atomic E-state index is 13.6. The summed E-state index contributed by atoms with van der Waals surface area (Å²) in [6.45, 7) is 7.54. The van der Waals surface area contributed by atoms with Gasteiger partial charge in [0.1, 0.15) is 23.2 Å². The van der Waals surface area contributed by atoms with Gasteiger partial charge in [0.05, 0.1) is 31.3 Å². The third-order valence-electron chi connectivity index (χ3n) is 8.28. The summed E-state index contributed by atoms with van der Waals surface area (Å²) in [5.41, 5.74) is 2.76. The average molecular weight is 629 g/mol. The number of hydrogen-bond donors (Lipinski definition) is 4. The molecular formula is C34H40N6O6. The molecule has 0 unspecified atom stereocenters. The Balaban J connectivity index is 1.37. The fraction of sp³-hybridized carbons (Fsp3) is 0.353. The summed E-state index contributed by atoms with van der Waals surface area (Å²) >= 11 is 0. The van der Waals surface area contributed by atoms with Crippen LogP contribution in [0.5, 0.6) is 5.75 Å². The molecule has 0 saturated carbocycles. The van der Waals surface area contributed by atoms with Crippen LogP contribution in [0.2, 0.25) is 0 Å². The van der Waals surface area contributed by atoms with E-state index in [0.29, 0.717) is 46.4 Å². The number of hydrogen-bond acceptors (Lipinski definition) is 7. The van der Waals surface area contributed by atoms with Crippen molar-refractivity contribution in [3.63, 3.8) is 0 Å². The Hall–Kier alpha value is -5.10. The van der Waals surface area contributed by atoms with Gasteiger partial charge in [-0.05, 0) is 50.4 Å². The molecule has 0 spiro atoms. The van der Waals surface area contributed by atoms with Gasteiger partial charge in [-0.25, -0.2) is 9.59 Å². The number of benzene rings is 3. The molecule has 0 aliphatic carbocycles. The van der Waals surface area contributed by atoms with Crippen molar-refractivity contribution in [2.24, 2.45) is 5.92 Å². The molecule has 3 aromatic carbocycles. The number of anilines is 3. The Morgan fingerprint density at radius 2 is 1.85 bits per heavy atom. The van der Waals surface area contributed by atoms with Gasteiger partial charge >= 0.3 is 12.1 Å². The number of fused-ring (bicyclic) bond motifs is 2. The maximum absolute atomic E-state index is 13.6. The number of aliphatic hydroxyl groups excluding tert-OH is 1. The van der Waals surface area contributed by atoms with E-state index in [1.807, 2.05) is 49.4 Å². The van der Waals surface area contributed by atoms with Crippen molar-refractivity contribution < 1.29 is 28.8 Å². The van der Waals surface area contributed by atoms with Crippen LogP contribution >= 0.6 is 0 Å². The number of aromatic nitrogens is 1. The number of nitrogens with one attached hydrogen (secondary N) is 3. The highest BCUT2D eigenvalue weighted by molar-refractivity contribution is 6.02. The first-order valence-corrected chi connectivity index (χ1v) is 15.2. The van der Waals surface area contributed by atoms with E-state index in [-0.39, 0.29) is 37.4 Å². The highest BCUT2D eigenvalue weighted by Crippen LogP contribution is 2.30. The number of rotatable bonds is 7. The smallest absolute Gasteiger partial charge is 0.323 e. The van der Waals surface area contributed by atoms with Crippen LogP contribution in [0.1, 0.15) is 30.9 Å². The molecule has 1 aliphatic rings. The maximum Gasteiger partial charge on any atom is 0.323 e. The summed E-state index contributed by atoms with van der Waals surface area (Å²) in [6.07, 6.45) is -0.500. The molecule has 4 aromatic rings. The number of amides is 5. The van der Waals surface area contributed by atoms with Crippen molar-refractivity contribution in [3.05, 3.63) is 77.7 Å². The second-order valence-corrected chi connectivity index (χ2v) is 11.8. The Bertz CT molecular complexity index is 1710. The Morgan fingerprint density at radius 3 is 2.59 bits per heavy atom. The van der Waals surface area contributed by atoms with E-state index in [2.05, 4.69) is 21.1 Å². The van der Waals surface area contributed by atoms with E-state index < -0.39 is 18.2 Å². The van der Waals surface area contributed by atoms with Crippen LogP contribution in [-0.2, 0) is 11.2 Å². The van der Waals surface area contributed by atoms with Gasteiger partial charge in [-0.1, -0.05) is 48.5 Å². The summed E-state index contributed by atoms with van der Waals surface area (Å²) in [5.74, 6) is 0.576. The quantitative estimate of drug-likeness (QED) is 0.214. The highest BCUT2D eigenvalue weighted by atomic mass is 16.5. The first-order chi connectivity index (χ1) is 22.0. The predicted molar refractivity (Wildman–Crippen MR) is 176 cm³/mol. The second-order valence-electron chi connectivity index (χ2n) is 11.8. The van der Waals surface area contributed by atoms with Crippen LogP contribution in [0.25, 0.3) is 10.8 Å². The van der Waals surface area contributed by atoms with Crippen LogP contribution < -0.4 is 20.7 Å². The molecule has 5 rings (SSSR count). The normalized spacial score (nSPS) is 17.2. The molecule has 12 heteroatoms. The summed E-state index contributed by atoms with van der Waals surface area (Å²) in [5, 5.41) is 24.3. The number of carbonyl (C=O) groups excluding carboxylic acids is 3. The number of carbonyl (C=O) groups is 3. The fourth-order valence-corrected chi connectivity index (χ4v) is 5.56. The molecule has 0 fully saturated rings. The summed E-state index contributed by atoms with van der Waals surface area (Å²) in [7, 11) is 1.70. The molecule has 242 valence electrons. The largest absolute Gasteiger partial charge is 0.488 e. The van der Waals surface area contributed by atoms with Gasteiger partial charge in [0.25, 0.3) is 0 Å². The molecule has 5 amide bonds. The highest BCUT2D eigenvalue weighted by Gasteiger charge is 2.32. The third-order valence-corrected chi connectivity index (χ3v) is 8.28. The summed E-state index contributed by atoms with van der Waals surface area (Å²) in [4.78, 5) is 43.0. The van der Waals surface area contributed by atoms with Crippen LogP contribution in [0.15, 0.2) is 65.2 Å². The topological polar surface area (TPSA) is 149 Å². The van der Waals surface area contributed by atoms with Gasteiger partial charge in [-0.15, -0.1) is 0 Å². The van der Waals surface area contributed by atoms with Crippen molar-refractivity contribution in [2.75, 3.05) is 42.7 Å². The molecule has 0 saturated heterocycles. The van der Waals surface area contributed by atoms with Crippen molar-refractivity contribution in [2.45, 2.75) is 46.3 Å². The van der Waals surface area contributed by atoms with Crippen molar-refractivity contribution in [1.82, 2.24) is 15.0 Å². The lowest BCUT2D eigenvalue weighted by atomic mass is 10.0. The number of aryl methyl sites for hydroxylation is 2. The zero-order valence-corrected chi connectivity index (χ0v) is 26.7. The average Bonchev–Trinajstić information content (AvgIpc) is 3.37. The Kier molecular flexibility index (Phi) is 9.76. The van der Waals surface area contributed by atoms with Crippen molar-refractivity contribution >= 4 is 45.8 Å². The van der Waals surface area contributed by atoms with E-state index >= 15 is 0 Å². The zero-order valence-electron chi connectivity index (χ0n) is 26.7. The first-order valence-electron chi connectivity index (χ1n) is 15.2. The Labute approximate surface area is 267 Å². The number of ether oxygens (including phenoxy) is 1. The molecule has 1 aromatic heterocycles. The summed E-state index contributed by atoms with van der Waals surface area (Å²) in [6, 6.07) is 17.5. The first kappa shape index (κ1) is 32.3. The molecule has 12 nitrogen and oxygen atoms in total. The molecule has 3 atom stereocenters. The number of likely N-dealkylation sites (N-methyl/N-ethyl adjacent to an activating group) is 1. The molecule has 1 aliphatic heterocycles. The van der Waals surface area contributed by atoms with Crippen LogP contribution in [-0.4, -0.2) is 76.9 Å². The number of aliphatic hydroxyl groups is 1.